The average Bonchev–Trinajstić information content (AvgIpc) is 2.68. The van der Waals surface area contributed by atoms with Crippen molar-refractivity contribution in [2.75, 3.05) is 44.2 Å². The van der Waals surface area contributed by atoms with E-state index in [1.807, 2.05) is 12.1 Å². The van der Waals surface area contributed by atoms with Crippen LogP contribution < -0.4 is 14.4 Å². The number of nitrogens with zero attached hydrogens (tertiary/aromatic N) is 3. The van der Waals surface area contributed by atoms with Gasteiger partial charge in [-0.05, 0) is 18.2 Å². The molecule has 1 N–H and O–H groups in total. The maximum absolute atomic E-state index is 13.4. The third kappa shape index (κ3) is 3.59. The number of ether oxygens (including phenoxy) is 2. The van der Waals surface area contributed by atoms with Crippen LogP contribution in [-0.2, 0) is 6.61 Å². The molecule has 26 heavy (non-hydrogen) atoms. The van der Waals surface area contributed by atoms with E-state index in [4.69, 9.17) is 9.47 Å². The average molecular weight is 359 g/mol. The number of piperazine rings is 1. The quantitative estimate of drug-likeness (QED) is 0.896. The first kappa shape index (κ1) is 17.1. The van der Waals surface area contributed by atoms with Crippen molar-refractivity contribution in [1.82, 2.24) is 9.88 Å². The molecule has 3 heterocycles. The smallest absolute Gasteiger partial charge is 0.164 e. The number of anilines is 1. The van der Waals surface area contributed by atoms with Gasteiger partial charge in [0, 0.05) is 50.6 Å². The highest BCUT2D eigenvalue weighted by Crippen LogP contribution is 2.32. The maximum atomic E-state index is 13.4. The number of aliphatic hydroxyl groups excluding tert-OH is 1. The number of aromatic nitrogens is 1. The Balaban J connectivity index is 1.33. The van der Waals surface area contributed by atoms with Crippen molar-refractivity contribution in [1.29, 1.82) is 0 Å². The lowest BCUT2D eigenvalue weighted by molar-refractivity contribution is 0.0566. The Hall–Kier alpha value is -2.38. The van der Waals surface area contributed by atoms with Crippen LogP contribution >= 0.6 is 0 Å². The van der Waals surface area contributed by atoms with E-state index in [0.29, 0.717) is 18.1 Å². The summed E-state index contributed by atoms with van der Waals surface area (Å²) >= 11 is 0. The first-order valence-electron chi connectivity index (χ1n) is 8.84. The van der Waals surface area contributed by atoms with Gasteiger partial charge < -0.3 is 19.5 Å². The van der Waals surface area contributed by atoms with Crippen LogP contribution in [0.3, 0.4) is 0 Å². The molecule has 1 fully saturated rings. The van der Waals surface area contributed by atoms with Crippen molar-refractivity contribution in [2.24, 2.45) is 0 Å². The number of pyridine rings is 1. The van der Waals surface area contributed by atoms with Gasteiger partial charge in [-0.3, -0.25) is 4.90 Å². The molecule has 7 heteroatoms. The van der Waals surface area contributed by atoms with E-state index in [2.05, 4.69) is 14.8 Å². The highest BCUT2D eigenvalue weighted by Gasteiger charge is 2.26. The molecule has 138 valence electrons. The summed E-state index contributed by atoms with van der Waals surface area (Å²) in [6, 6.07) is 8.09. The Morgan fingerprint density at radius 1 is 1.15 bits per heavy atom. The van der Waals surface area contributed by atoms with Gasteiger partial charge in [0.15, 0.2) is 11.5 Å². The molecule has 0 bridgehead atoms. The van der Waals surface area contributed by atoms with Crippen LogP contribution in [-0.4, -0.2) is 60.4 Å². The molecule has 0 radical (unpaired) electrons. The predicted molar refractivity (Wildman–Crippen MR) is 95.1 cm³/mol. The summed E-state index contributed by atoms with van der Waals surface area (Å²) in [7, 11) is 0. The second-order valence-electron chi connectivity index (χ2n) is 6.57. The number of hydrogen-bond donors (Lipinski definition) is 1. The molecule has 6 nitrogen and oxygen atoms in total. The Bertz CT molecular complexity index is 765. The Morgan fingerprint density at radius 3 is 2.81 bits per heavy atom. The Labute approximate surface area is 151 Å². The lowest BCUT2D eigenvalue weighted by atomic mass is 10.2. The SMILES string of the molecule is OCc1cccnc1N1CCN(C[C@H]2COc3ccc(F)cc3O2)CC1. The zero-order valence-corrected chi connectivity index (χ0v) is 14.5. The molecular weight excluding hydrogens is 337 g/mol. The van der Waals surface area contributed by atoms with E-state index in [9.17, 15) is 9.50 Å². The molecule has 2 aliphatic heterocycles. The van der Waals surface area contributed by atoms with E-state index < -0.39 is 0 Å². The van der Waals surface area contributed by atoms with E-state index in [1.54, 1.807) is 12.3 Å². The number of hydrogen-bond acceptors (Lipinski definition) is 6. The molecule has 0 unspecified atom stereocenters. The molecule has 2 aliphatic rings. The van der Waals surface area contributed by atoms with Gasteiger partial charge in [-0.15, -0.1) is 0 Å². The molecule has 1 atom stereocenters. The summed E-state index contributed by atoms with van der Waals surface area (Å²) in [6.07, 6.45) is 1.64. The molecule has 1 saturated heterocycles. The first-order valence-corrected chi connectivity index (χ1v) is 8.84. The van der Waals surface area contributed by atoms with Crippen LogP contribution in [0.25, 0.3) is 0 Å². The number of aliphatic hydroxyl groups is 1. The van der Waals surface area contributed by atoms with Gasteiger partial charge in [-0.25, -0.2) is 9.37 Å². The van der Waals surface area contributed by atoms with Crippen molar-refractivity contribution >= 4 is 5.82 Å². The molecular formula is C19H22FN3O3. The van der Waals surface area contributed by atoms with Gasteiger partial charge in [-0.2, -0.15) is 0 Å². The van der Waals surface area contributed by atoms with Crippen LogP contribution in [0.15, 0.2) is 36.5 Å². The van der Waals surface area contributed by atoms with Crippen molar-refractivity contribution < 1.29 is 19.0 Å². The monoisotopic (exact) mass is 359 g/mol. The normalized spacial score (nSPS) is 20.2. The summed E-state index contributed by atoms with van der Waals surface area (Å²) < 4.78 is 25.0. The van der Waals surface area contributed by atoms with Crippen LogP contribution in [0.5, 0.6) is 11.5 Å². The lowest BCUT2D eigenvalue weighted by Gasteiger charge is -2.38. The van der Waals surface area contributed by atoms with Gasteiger partial charge in [0.1, 0.15) is 24.3 Å². The Morgan fingerprint density at radius 2 is 2.00 bits per heavy atom. The fourth-order valence-electron chi connectivity index (χ4n) is 3.45. The van der Waals surface area contributed by atoms with Gasteiger partial charge in [-0.1, -0.05) is 6.07 Å². The molecule has 0 saturated carbocycles. The Kier molecular flexibility index (Phi) is 4.90. The van der Waals surface area contributed by atoms with Crippen molar-refractivity contribution in [2.45, 2.75) is 12.7 Å². The zero-order valence-electron chi connectivity index (χ0n) is 14.5. The molecule has 0 amide bonds. The number of fused-ring (bicyclic) bond motifs is 1. The second-order valence-corrected chi connectivity index (χ2v) is 6.57. The first-order chi connectivity index (χ1) is 12.7. The maximum Gasteiger partial charge on any atom is 0.164 e. The topological polar surface area (TPSA) is 58.1 Å². The second kappa shape index (κ2) is 7.47. The highest BCUT2D eigenvalue weighted by atomic mass is 19.1. The van der Waals surface area contributed by atoms with Crippen molar-refractivity contribution in [3.63, 3.8) is 0 Å². The summed E-state index contributed by atoms with van der Waals surface area (Å²) in [5.41, 5.74) is 0.851. The van der Waals surface area contributed by atoms with Gasteiger partial charge in [0.05, 0.1) is 6.61 Å². The third-order valence-electron chi connectivity index (χ3n) is 4.80. The largest absolute Gasteiger partial charge is 0.486 e. The molecule has 1 aromatic heterocycles. The van der Waals surface area contributed by atoms with Crippen LogP contribution in [0.2, 0.25) is 0 Å². The van der Waals surface area contributed by atoms with Crippen molar-refractivity contribution in [3.05, 3.63) is 47.9 Å². The minimum absolute atomic E-state index is 0.00733. The molecule has 0 spiro atoms. The fraction of sp³-hybridized carbons (Fsp3) is 0.421. The van der Waals surface area contributed by atoms with Gasteiger partial charge in [0.2, 0.25) is 0 Å². The van der Waals surface area contributed by atoms with E-state index in [1.165, 1.54) is 12.1 Å². The summed E-state index contributed by atoms with van der Waals surface area (Å²) in [6.45, 7) is 4.61. The predicted octanol–water partition coefficient (Wildman–Crippen LogP) is 1.67. The van der Waals surface area contributed by atoms with Crippen LogP contribution in [0.1, 0.15) is 5.56 Å². The van der Waals surface area contributed by atoms with Gasteiger partial charge >= 0.3 is 0 Å². The zero-order chi connectivity index (χ0) is 17.9. The third-order valence-corrected chi connectivity index (χ3v) is 4.80. The van der Waals surface area contributed by atoms with E-state index in [0.717, 1.165) is 44.1 Å². The van der Waals surface area contributed by atoms with E-state index in [-0.39, 0.29) is 18.5 Å². The molecule has 4 rings (SSSR count). The lowest BCUT2D eigenvalue weighted by Crippen LogP contribution is -2.51. The summed E-state index contributed by atoms with van der Waals surface area (Å²) in [5, 5.41) is 9.48. The standard InChI is InChI=1S/C19H22FN3O3/c20-15-3-4-17-18(10-15)26-16(13-25-17)11-22-6-8-23(9-7-22)19-14(12-24)2-1-5-21-19/h1-5,10,16,24H,6-9,11-13H2/t16-/m0/s1. The molecule has 0 aliphatic carbocycles. The number of rotatable bonds is 4. The van der Waals surface area contributed by atoms with Crippen LogP contribution in [0.4, 0.5) is 10.2 Å². The minimum atomic E-state index is -0.323. The fourth-order valence-corrected chi connectivity index (χ4v) is 3.45. The minimum Gasteiger partial charge on any atom is -0.486 e. The van der Waals surface area contributed by atoms with Crippen molar-refractivity contribution in [3.8, 4) is 11.5 Å². The molecule has 1 aromatic carbocycles. The molecule has 2 aromatic rings. The summed E-state index contributed by atoms with van der Waals surface area (Å²) in [5.74, 6) is 1.60. The number of benzene rings is 1. The highest BCUT2D eigenvalue weighted by molar-refractivity contribution is 5.46. The number of halogens is 1. The summed E-state index contributed by atoms with van der Waals surface area (Å²) in [4.78, 5) is 8.93. The van der Waals surface area contributed by atoms with Gasteiger partial charge in [0.25, 0.3) is 0 Å². The van der Waals surface area contributed by atoms with E-state index >= 15 is 0 Å². The van der Waals surface area contributed by atoms with Crippen LogP contribution in [0, 0.1) is 5.82 Å².